The van der Waals surface area contributed by atoms with Crippen LogP contribution in [0.25, 0.3) is 0 Å². The van der Waals surface area contributed by atoms with E-state index in [-0.39, 0.29) is 5.03 Å². The van der Waals surface area contributed by atoms with Gasteiger partial charge >= 0.3 is 6.18 Å². The van der Waals surface area contributed by atoms with Gasteiger partial charge in [0.15, 0.2) is 0 Å². The van der Waals surface area contributed by atoms with Crippen molar-refractivity contribution in [3.05, 3.63) is 44.5 Å². The van der Waals surface area contributed by atoms with E-state index in [0.29, 0.717) is 5.56 Å². The molecule has 17 heavy (non-hydrogen) atoms. The van der Waals surface area contributed by atoms with Gasteiger partial charge in [0, 0.05) is 7.11 Å². The lowest BCUT2D eigenvalue weighted by molar-refractivity contribution is -0.0830. The predicted molar refractivity (Wildman–Crippen MR) is 69.1 cm³/mol. The van der Waals surface area contributed by atoms with Gasteiger partial charge < -0.3 is 4.74 Å². The van der Waals surface area contributed by atoms with E-state index in [1.54, 1.807) is 30.3 Å². The number of rotatable bonds is 3. The van der Waals surface area contributed by atoms with Gasteiger partial charge in [-0.25, -0.2) is 0 Å². The molecule has 0 fully saturated rings. The number of hydrogen-bond acceptors (Lipinski definition) is 1. The zero-order valence-corrected chi connectivity index (χ0v) is 11.7. The molecular weight excluding hydrogens is 367 g/mol. The molecule has 0 saturated carbocycles. The summed E-state index contributed by atoms with van der Waals surface area (Å²) in [5.74, 6) is 0. The molecule has 1 aromatic carbocycles. The zero-order valence-electron chi connectivity index (χ0n) is 8.76. The van der Waals surface area contributed by atoms with Crippen LogP contribution in [0, 0.1) is 0 Å². The van der Waals surface area contributed by atoms with Crippen LogP contribution in [0.5, 0.6) is 0 Å². The number of halogens is 5. The molecule has 1 atom stereocenters. The highest BCUT2D eigenvalue weighted by Crippen LogP contribution is 2.40. The van der Waals surface area contributed by atoms with Crippen LogP contribution in [-0.2, 0) is 4.74 Å². The Morgan fingerprint density at radius 1 is 1.29 bits per heavy atom. The molecule has 94 valence electrons. The molecule has 0 aliphatic rings. The van der Waals surface area contributed by atoms with Crippen LogP contribution in [0.2, 0.25) is 0 Å². The van der Waals surface area contributed by atoms with Gasteiger partial charge in [-0.1, -0.05) is 41.9 Å². The number of methoxy groups -OCH3 is 1. The maximum atomic E-state index is 12.5. The minimum absolute atomic E-state index is 0.355. The Hall–Kier alpha value is -0.270. The molecule has 1 nitrogen and oxygen atoms in total. The average molecular weight is 377 g/mol. The first-order chi connectivity index (χ1) is 7.88. The van der Waals surface area contributed by atoms with Crippen molar-refractivity contribution in [3.8, 4) is 0 Å². The molecule has 1 rings (SSSR count). The third-order valence-corrected chi connectivity index (χ3v) is 3.93. The van der Waals surface area contributed by atoms with Gasteiger partial charge in [-0.3, -0.25) is 0 Å². The van der Waals surface area contributed by atoms with Gasteiger partial charge in [0.05, 0.1) is 5.03 Å². The lowest BCUT2D eigenvalue weighted by Crippen LogP contribution is -2.12. The molecule has 1 aromatic rings. The smallest absolute Gasteiger partial charge is 0.371 e. The van der Waals surface area contributed by atoms with Crippen molar-refractivity contribution < 1.29 is 17.9 Å². The maximum Gasteiger partial charge on any atom is 0.423 e. The summed E-state index contributed by atoms with van der Waals surface area (Å²) in [5, 5.41) is -0.355. The van der Waals surface area contributed by atoms with Gasteiger partial charge in [0.25, 0.3) is 0 Å². The van der Waals surface area contributed by atoms with Gasteiger partial charge in [0.1, 0.15) is 9.68 Å². The van der Waals surface area contributed by atoms with Crippen LogP contribution in [0.3, 0.4) is 0 Å². The molecule has 0 aliphatic carbocycles. The Balaban J connectivity index is 3.13. The van der Waals surface area contributed by atoms with Crippen LogP contribution in [-0.4, -0.2) is 13.3 Å². The number of hydrogen-bond donors (Lipinski definition) is 0. The van der Waals surface area contributed by atoms with Gasteiger partial charge in [0.2, 0.25) is 0 Å². The van der Waals surface area contributed by atoms with E-state index in [1.807, 2.05) is 0 Å². The molecule has 0 spiro atoms. The van der Waals surface area contributed by atoms with E-state index in [1.165, 1.54) is 29.7 Å². The zero-order chi connectivity index (χ0) is 13.1. The number of allylic oxidation sites excluding steroid dienone is 1. The van der Waals surface area contributed by atoms with Gasteiger partial charge in [-0.15, -0.1) is 0 Å². The standard InChI is InChI=1S/C11H9ClF3IO/c1-17-9(7-5-3-2-4-6-7)8(12)10(16)11(13,14)15/h2-6,9H,1H3/b10-8+. The first-order valence-electron chi connectivity index (χ1n) is 4.58. The fraction of sp³-hybridized carbons (Fsp3) is 0.273. The molecule has 1 unspecified atom stereocenters. The summed E-state index contributed by atoms with van der Waals surface area (Å²) in [6, 6.07) is 8.52. The maximum absolute atomic E-state index is 12.5. The van der Waals surface area contributed by atoms with E-state index in [4.69, 9.17) is 16.3 Å². The first-order valence-corrected chi connectivity index (χ1v) is 6.03. The van der Waals surface area contributed by atoms with Crippen molar-refractivity contribution in [2.24, 2.45) is 0 Å². The highest BCUT2D eigenvalue weighted by molar-refractivity contribution is 14.1. The lowest BCUT2D eigenvalue weighted by atomic mass is 10.1. The SMILES string of the molecule is COC(/C(Cl)=C(\I)C(F)(F)F)c1ccccc1. The fourth-order valence-corrected chi connectivity index (χ4v) is 1.87. The Kier molecular flexibility index (Phi) is 5.27. The summed E-state index contributed by atoms with van der Waals surface area (Å²) >= 11 is 6.93. The highest BCUT2D eigenvalue weighted by atomic mass is 127. The molecule has 6 heteroatoms. The topological polar surface area (TPSA) is 9.23 Å². The molecular formula is C11H9ClF3IO. The molecule has 0 saturated heterocycles. The molecule has 0 heterocycles. The number of benzene rings is 1. The third kappa shape index (κ3) is 3.86. The molecule has 0 bridgehead atoms. The van der Waals surface area contributed by atoms with Crippen molar-refractivity contribution >= 4 is 34.2 Å². The molecule has 0 amide bonds. The summed E-state index contributed by atoms with van der Waals surface area (Å²) in [4.78, 5) is 0. The van der Waals surface area contributed by atoms with E-state index in [9.17, 15) is 13.2 Å². The third-order valence-electron chi connectivity index (χ3n) is 2.03. The van der Waals surface area contributed by atoms with Crippen molar-refractivity contribution in [1.29, 1.82) is 0 Å². The molecule has 0 aliphatic heterocycles. The summed E-state index contributed by atoms with van der Waals surface area (Å²) < 4.78 is 41.7. The Morgan fingerprint density at radius 2 is 1.82 bits per heavy atom. The van der Waals surface area contributed by atoms with Crippen LogP contribution in [0.1, 0.15) is 11.7 Å². The molecule has 0 aromatic heterocycles. The Labute approximate surface area is 116 Å². The average Bonchev–Trinajstić information content (AvgIpc) is 2.29. The second-order valence-corrected chi connectivity index (χ2v) is 4.67. The Morgan fingerprint density at radius 3 is 2.24 bits per heavy atom. The second kappa shape index (κ2) is 6.06. The van der Waals surface area contributed by atoms with E-state index in [0.717, 1.165) is 0 Å². The number of alkyl halides is 3. The lowest BCUT2D eigenvalue weighted by Gasteiger charge is -2.17. The van der Waals surface area contributed by atoms with Crippen molar-refractivity contribution in [1.82, 2.24) is 0 Å². The summed E-state index contributed by atoms with van der Waals surface area (Å²) in [6.07, 6.45) is -5.35. The van der Waals surface area contributed by atoms with Crippen LogP contribution in [0.4, 0.5) is 13.2 Å². The van der Waals surface area contributed by atoms with E-state index in [2.05, 4.69) is 0 Å². The summed E-state index contributed by atoms with van der Waals surface area (Å²) in [6.45, 7) is 0. The summed E-state index contributed by atoms with van der Waals surface area (Å²) in [7, 11) is 1.32. The first kappa shape index (κ1) is 14.8. The van der Waals surface area contributed by atoms with Crippen molar-refractivity contribution in [2.45, 2.75) is 12.3 Å². The minimum atomic E-state index is -4.46. The Bertz CT molecular complexity index is 403. The predicted octanol–water partition coefficient (Wildman–Crippen LogP) is 4.82. The normalized spacial score (nSPS) is 15.4. The monoisotopic (exact) mass is 376 g/mol. The van der Waals surface area contributed by atoms with Gasteiger partial charge in [-0.05, 0) is 28.2 Å². The van der Waals surface area contributed by atoms with Crippen molar-refractivity contribution in [3.63, 3.8) is 0 Å². The highest BCUT2D eigenvalue weighted by Gasteiger charge is 2.36. The largest absolute Gasteiger partial charge is 0.423 e. The van der Waals surface area contributed by atoms with Crippen LogP contribution < -0.4 is 0 Å². The molecule has 0 radical (unpaired) electrons. The molecule has 0 N–H and O–H groups in total. The minimum Gasteiger partial charge on any atom is -0.371 e. The van der Waals surface area contributed by atoms with Crippen LogP contribution >= 0.6 is 34.2 Å². The second-order valence-electron chi connectivity index (χ2n) is 3.19. The van der Waals surface area contributed by atoms with Gasteiger partial charge in [-0.2, -0.15) is 13.2 Å². The number of ether oxygens (including phenoxy) is 1. The quantitative estimate of drug-likeness (QED) is 0.687. The van der Waals surface area contributed by atoms with E-state index < -0.39 is 15.9 Å². The van der Waals surface area contributed by atoms with E-state index >= 15 is 0 Å². The fourth-order valence-electron chi connectivity index (χ4n) is 1.26. The summed E-state index contributed by atoms with van der Waals surface area (Å²) in [5.41, 5.74) is 0.582. The van der Waals surface area contributed by atoms with Crippen LogP contribution in [0.15, 0.2) is 38.9 Å². The van der Waals surface area contributed by atoms with Crippen molar-refractivity contribution in [2.75, 3.05) is 7.11 Å².